The molecule has 5 rings (SSSR count). The second-order valence-corrected chi connectivity index (χ2v) is 10.3. The number of hydrogen-bond donors (Lipinski definition) is 3. The molecule has 2 aromatic heterocycles. The van der Waals surface area contributed by atoms with E-state index in [2.05, 4.69) is 26.7 Å². The van der Waals surface area contributed by atoms with Gasteiger partial charge in [-0.25, -0.2) is 14.8 Å². The molecular weight excluding hydrogens is 526 g/mol. The predicted octanol–water partition coefficient (Wildman–Crippen LogP) is 5.49. The van der Waals surface area contributed by atoms with E-state index < -0.39 is 0 Å². The summed E-state index contributed by atoms with van der Waals surface area (Å²) >= 11 is 0. The quantitative estimate of drug-likeness (QED) is 0.233. The van der Waals surface area contributed by atoms with Gasteiger partial charge in [0.25, 0.3) is 0 Å². The molecule has 9 nitrogen and oxygen atoms in total. The van der Waals surface area contributed by atoms with Crippen molar-refractivity contribution in [3.63, 3.8) is 0 Å². The lowest BCUT2D eigenvalue weighted by Gasteiger charge is -2.37. The van der Waals surface area contributed by atoms with Crippen molar-refractivity contribution >= 4 is 17.5 Å². The fourth-order valence-electron chi connectivity index (χ4n) is 5.20. The van der Waals surface area contributed by atoms with Crippen LogP contribution in [-0.2, 0) is 6.54 Å². The van der Waals surface area contributed by atoms with Crippen molar-refractivity contribution < 1.29 is 9.53 Å². The summed E-state index contributed by atoms with van der Waals surface area (Å²) in [7, 11) is 0. The highest BCUT2D eigenvalue weighted by Gasteiger charge is 2.30. The molecule has 9 heteroatoms. The Hall–Kier alpha value is -4.94. The number of urea groups is 1. The summed E-state index contributed by atoms with van der Waals surface area (Å²) in [5, 5.41) is 15.6. The molecule has 2 amide bonds. The van der Waals surface area contributed by atoms with Gasteiger partial charge in [0, 0.05) is 54.9 Å². The smallest absolute Gasteiger partial charge is 0.322 e. The first-order valence-electron chi connectivity index (χ1n) is 14.3. The molecule has 42 heavy (non-hydrogen) atoms. The van der Waals surface area contributed by atoms with Gasteiger partial charge in [0.2, 0.25) is 5.88 Å². The summed E-state index contributed by atoms with van der Waals surface area (Å²) in [5.41, 5.74) is 9.92. The molecule has 1 saturated carbocycles. The third kappa shape index (κ3) is 7.42. The monoisotopic (exact) mass is 561 g/mol. The molecule has 0 aliphatic heterocycles. The molecule has 0 saturated heterocycles. The molecule has 0 spiro atoms. The Morgan fingerprint density at radius 1 is 0.929 bits per heavy atom. The molecule has 1 fully saturated rings. The molecule has 0 bridgehead atoms. The molecule has 1 aliphatic carbocycles. The Balaban J connectivity index is 1.28. The molecule has 4 aromatic rings. The maximum absolute atomic E-state index is 13.7. The van der Waals surface area contributed by atoms with Crippen LogP contribution in [0.2, 0.25) is 0 Å². The molecule has 1 aliphatic rings. The van der Waals surface area contributed by atoms with E-state index in [1.54, 1.807) is 18.5 Å². The molecule has 214 valence electrons. The van der Waals surface area contributed by atoms with E-state index in [1.807, 2.05) is 77.7 Å². The van der Waals surface area contributed by atoms with Crippen LogP contribution in [0.3, 0.4) is 0 Å². The van der Waals surface area contributed by atoms with Crippen molar-refractivity contribution in [2.75, 3.05) is 23.4 Å². The van der Waals surface area contributed by atoms with Gasteiger partial charge in [-0.3, -0.25) is 4.90 Å². The van der Waals surface area contributed by atoms with Crippen molar-refractivity contribution in [2.45, 2.75) is 44.3 Å². The zero-order chi connectivity index (χ0) is 29.1. The number of aromatic nitrogens is 2. The number of amides is 2. The van der Waals surface area contributed by atoms with Crippen LogP contribution < -0.4 is 26.0 Å². The van der Waals surface area contributed by atoms with Crippen molar-refractivity contribution in [3.8, 4) is 23.1 Å². The number of benzene rings is 2. The number of nitrogens with two attached hydrogens (primary N) is 1. The van der Waals surface area contributed by atoms with Gasteiger partial charge in [-0.2, -0.15) is 5.26 Å². The molecule has 2 aromatic carbocycles. The van der Waals surface area contributed by atoms with Gasteiger partial charge < -0.3 is 21.1 Å². The zero-order valence-electron chi connectivity index (χ0n) is 23.4. The second kappa shape index (κ2) is 14.1. The number of anilines is 2. The standard InChI is InChI=1S/C33H35N7O2/c34-18-19-42-32-17-9-27(23-37-32)26-7-12-29(13-8-26)40(33(41)38-21-24-4-2-1-3-5-24)30-14-10-28(11-15-30)39-31-16-6-25(20-35)22-36-31/h1-9,12-13,16-17,22-23,28,30H,10-11,14-15,18-19,21,34H2,(H,36,39)(H,38,41). The minimum absolute atomic E-state index is 0.0549. The van der Waals surface area contributed by atoms with Crippen LogP contribution in [0.15, 0.2) is 91.3 Å². The number of carbonyl (C=O) groups is 1. The van der Waals surface area contributed by atoms with Crippen molar-refractivity contribution in [1.82, 2.24) is 15.3 Å². The molecule has 2 heterocycles. The molecule has 0 unspecified atom stereocenters. The number of ether oxygens (including phenoxy) is 1. The van der Waals surface area contributed by atoms with Gasteiger partial charge in [0.1, 0.15) is 18.5 Å². The summed E-state index contributed by atoms with van der Waals surface area (Å²) in [6.45, 7) is 1.32. The lowest BCUT2D eigenvalue weighted by Crippen LogP contribution is -2.48. The first-order valence-corrected chi connectivity index (χ1v) is 14.3. The summed E-state index contributed by atoms with van der Waals surface area (Å²) < 4.78 is 5.49. The summed E-state index contributed by atoms with van der Waals surface area (Å²) in [4.78, 5) is 24.3. The average molecular weight is 562 g/mol. The Bertz CT molecular complexity index is 1460. The molecular formula is C33H35N7O2. The Morgan fingerprint density at radius 3 is 2.33 bits per heavy atom. The van der Waals surface area contributed by atoms with E-state index in [9.17, 15) is 4.79 Å². The van der Waals surface area contributed by atoms with E-state index in [4.69, 9.17) is 15.7 Å². The number of rotatable bonds is 10. The van der Waals surface area contributed by atoms with Crippen molar-refractivity contribution in [3.05, 3.63) is 102 Å². The predicted molar refractivity (Wildman–Crippen MR) is 164 cm³/mol. The van der Waals surface area contributed by atoms with Crippen LogP contribution >= 0.6 is 0 Å². The number of hydrogen-bond acceptors (Lipinski definition) is 7. The number of nitriles is 1. The number of nitrogens with one attached hydrogen (secondary N) is 2. The Kier molecular flexibility index (Phi) is 9.60. The largest absolute Gasteiger partial charge is 0.476 e. The maximum atomic E-state index is 13.7. The van der Waals surface area contributed by atoms with Gasteiger partial charge in [-0.1, -0.05) is 42.5 Å². The summed E-state index contributed by atoms with van der Waals surface area (Å²) in [5.74, 6) is 1.31. The van der Waals surface area contributed by atoms with E-state index in [0.29, 0.717) is 31.1 Å². The van der Waals surface area contributed by atoms with Crippen LogP contribution in [0.5, 0.6) is 5.88 Å². The number of pyridine rings is 2. The molecule has 4 N–H and O–H groups in total. The SMILES string of the molecule is N#Cc1ccc(NC2CCC(N(C(=O)NCc3ccccc3)c3ccc(-c4ccc(OCCN)nc4)cc3)CC2)nc1. The highest BCUT2D eigenvalue weighted by atomic mass is 16.5. The maximum Gasteiger partial charge on any atom is 0.322 e. The third-order valence-corrected chi connectivity index (χ3v) is 7.39. The molecule has 0 radical (unpaired) electrons. The van der Waals surface area contributed by atoms with Crippen LogP contribution in [0.1, 0.15) is 36.8 Å². The third-order valence-electron chi connectivity index (χ3n) is 7.39. The lowest BCUT2D eigenvalue weighted by molar-refractivity contribution is 0.240. The average Bonchev–Trinajstić information content (AvgIpc) is 3.05. The highest BCUT2D eigenvalue weighted by Crippen LogP contribution is 2.31. The Labute approximate surface area is 246 Å². The van der Waals surface area contributed by atoms with E-state index in [0.717, 1.165) is 53.9 Å². The van der Waals surface area contributed by atoms with Gasteiger partial charge in [0.15, 0.2) is 0 Å². The van der Waals surface area contributed by atoms with Gasteiger partial charge in [-0.15, -0.1) is 0 Å². The minimum atomic E-state index is -0.111. The van der Waals surface area contributed by atoms with Crippen LogP contribution in [-0.4, -0.2) is 41.2 Å². The van der Waals surface area contributed by atoms with Crippen LogP contribution in [0.4, 0.5) is 16.3 Å². The van der Waals surface area contributed by atoms with Gasteiger partial charge in [0.05, 0.1) is 5.56 Å². The first kappa shape index (κ1) is 28.6. The number of carbonyl (C=O) groups excluding carboxylic acids is 1. The fourth-order valence-corrected chi connectivity index (χ4v) is 5.20. The first-order chi connectivity index (χ1) is 20.6. The van der Waals surface area contributed by atoms with Gasteiger partial charge >= 0.3 is 6.03 Å². The summed E-state index contributed by atoms with van der Waals surface area (Å²) in [6.07, 6.45) is 6.86. The van der Waals surface area contributed by atoms with E-state index in [1.165, 1.54) is 0 Å². The Morgan fingerprint density at radius 2 is 1.69 bits per heavy atom. The lowest BCUT2D eigenvalue weighted by atomic mass is 9.89. The molecule has 0 atom stereocenters. The van der Waals surface area contributed by atoms with Crippen LogP contribution in [0, 0.1) is 11.3 Å². The van der Waals surface area contributed by atoms with E-state index >= 15 is 0 Å². The van der Waals surface area contributed by atoms with Crippen molar-refractivity contribution in [1.29, 1.82) is 5.26 Å². The summed E-state index contributed by atoms with van der Waals surface area (Å²) in [6, 6.07) is 27.7. The zero-order valence-corrected chi connectivity index (χ0v) is 23.4. The minimum Gasteiger partial charge on any atom is -0.476 e. The van der Waals surface area contributed by atoms with Crippen molar-refractivity contribution in [2.24, 2.45) is 5.73 Å². The fraction of sp³-hybridized carbons (Fsp3) is 0.273. The second-order valence-electron chi connectivity index (χ2n) is 10.3. The van der Waals surface area contributed by atoms with Crippen LogP contribution in [0.25, 0.3) is 11.1 Å². The van der Waals surface area contributed by atoms with E-state index in [-0.39, 0.29) is 18.1 Å². The highest BCUT2D eigenvalue weighted by molar-refractivity contribution is 5.93. The topological polar surface area (TPSA) is 129 Å². The normalized spacial score (nSPS) is 16.2. The number of nitrogens with zero attached hydrogens (tertiary/aromatic N) is 4. The van der Waals surface area contributed by atoms with Gasteiger partial charge in [-0.05, 0) is 67.1 Å².